The minimum atomic E-state index is -0.865. The Morgan fingerprint density at radius 1 is 1.11 bits per heavy atom. The van der Waals surface area contributed by atoms with Gasteiger partial charge in [0, 0.05) is 5.56 Å². The van der Waals surface area contributed by atoms with Crippen molar-refractivity contribution in [3.63, 3.8) is 0 Å². The van der Waals surface area contributed by atoms with E-state index in [0.717, 1.165) is 0 Å². The van der Waals surface area contributed by atoms with Crippen molar-refractivity contribution in [3.8, 4) is 11.5 Å². The Balaban J connectivity index is 1.88. The molecule has 1 heterocycles. The first kappa shape index (κ1) is 19.8. The zero-order valence-electron chi connectivity index (χ0n) is 14.5. The number of hydrogen-bond donors (Lipinski definition) is 2. The summed E-state index contributed by atoms with van der Waals surface area (Å²) in [4.78, 5) is 34.9. The van der Waals surface area contributed by atoms with Crippen molar-refractivity contribution in [2.45, 2.75) is 6.61 Å². The van der Waals surface area contributed by atoms with Crippen LogP contribution in [0.1, 0.15) is 11.1 Å². The van der Waals surface area contributed by atoms with Crippen LogP contribution in [0.3, 0.4) is 0 Å². The molecule has 28 heavy (non-hydrogen) atoms. The third-order valence-electron chi connectivity index (χ3n) is 3.84. The highest BCUT2D eigenvalue weighted by molar-refractivity contribution is 14.1. The van der Waals surface area contributed by atoms with Crippen LogP contribution in [-0.2, 0) is 16.2 Å². The van der Waals surface area contributed by atoms with Gasteiger partial charge in [0.05, 0.1) is 10.7 Å². The van der Waals surface area contributed by atoms with E-state index < -0.39 is 17.8 Å². The topological polar surface area (TPSA) is 93.7 Å². The van der Waals surface area contributed by atoms with E-state index in [9.17, 15) is 18.8 Å². The number of imide groups is 2. The molecule has 4 amide bonds. The van der Waals surface area contributed by atoms with Gasteiger partial charge in [0.15, 0.2) is 11.5 Å². The highest BCUT2D eigenvalue weighted by Gasteiger charge is 2.27. The van der Waals surface area contributed by atoms with Gasteiger partial charge in [0.25, 0.3) is 11.8 Å². The number of methoxy groups -OCH3 is 1. The largest absolute Gasteiger partial charge is 0.493 e. The Hall–Kier alpha value is -2.95. The molecule has 3 rings (SSSR count). The van der Waals surface area contributed by atoms with E-state index in [1.165, 1.54) is 19.3 Å². The standard InChI is InChI=1S/C19H14FIN2O5/c1-27-15-8-10(6-12-17(24)22-19(26)23-18(12)25)7-14(21)16(15)28-9-11-4-2-3-5-13(11)20/h2-8H,9H2,1H3,(H2,22,23,24,25,26). The molecular weight excluding hydrogens is 482 g/mol. The van der Waals surface area contributed by atoms with E-state index in [-0.39, 0.29) is 18.0 Å². The van der Waals surface area contributed by atoms with Crippen LogP contribution in [-0.4, -0.2) is 25.0 Å². The van der Waals surface area contributed by atoms with Gasteiger partial charge in [-0.3, -0.25) is 20.2 Å². The number of carbonyl (C=O) groups excluding carboxylic acids is 3. The predicted molar refractivity (Wildman–Crippen MR) is 106 cm³/mol. The van der Waals surface area contributed by atoms with E-state index in [4.69, 9.17) is 9.47 Å². The van der Waals surface area contributed by atoms with Crippen molar-refractivity contribution >= 4 is 46.5 Å². The normalized spacial score (nSPS) is 13.7. The molecule has 0 atom stereocenters. The lowest BCUT2D eigenvalue weighted by molar-refractivity contribution is -0.123. The molecule has 0 bridgehead atoms. The Bertz CT molecular complexity index is 984. The van der Waals surface area contributed by atoms with E-state index in [0.29, 0.717) is 26.2 Å². The second kappa shape index (κ2) is 8.38. The summed E-state index contributed by atoms with van der Waals surface area (Å²) in [6, 6.07) is 8.65. The van der Waals surface area contributed by atoms with Gasteiger partial charge in [-0.25, -0.2) is 9.18 Å². The van der Waals surface area contributed by atoms with Gasteiger partial charge < -0.3 is 9.47 Å². The Morgan fingerprint density at radius 3 is 2.43 bits per heavy atom. The number of nitrogens with one attached hydrogen (secondary N) is 2. The minimum Gasteiger partial charge on any atom is -0.493 e. The molecule has 1 aliphatic heterocycles. The van der Waals surface area contributed by atoms with E-state index in [1.54, 1.807) is 30.3 Å². The van der Waals surface area contributed by atoms with Gasteiger partial charge in [-0.05, 0) is 52.4 Å². The van der Waals surface area contributed by atoms with Crippen molar-refractivity contribution in [1.82, 2.24) is 10.6 Å². The monoisotopic (exact) mass is 496 g/mol. The summed E-state index contributed by atoms with van der Waals surface area (Å²) in [7, 11) is 1.44. The smallest absolute Gasteiger partial charge is 0.328 e. The van der Waals surface area contributed by atoms with Crippen LogP contribution in [0, 0.1) is 9.39 Å². The average molecular weight is 496 g/mol. The van der Waals surface area contributed by atoms with Gasteiger partial charge in [-0.2, -0.15) is 0 Å². The Labute approximate surface area is 173 Å². The SMILES string of the molecule is COc1cc(C=C2C(=O)NC(=O)NC2=O)cc(I)c1OCc1ccccc1F. The zero-order valence-corrected chi connectivity index (χ0v) is 16.7. The summed E-state index contributed by atoms with van der Waals surface area (Å²) in [6.07, 6.45) is 1.34. The van der Waals surface area contributed by atoms with Crippen LogP contribution >= 0.6 is 22.6 Å². The maximum absolute atomic E-state index is 13.8. The van der Waals surface area contributed by atoms with E-state index in [1.807, 2.05) is 33.2 Å². The third-order valence-corrected chi connectivity index (χ3v) is 4.64. The highest BCUT2D eigenvalue weighted by Crippen LogP contribution is 2.35. The van der Waals surface area contributed by atoms with Crippen LogP contribution < -0.4 is 20.1 Å². The molecule has 0 aliphatic carbocycles. The summed E-state index contributed by atoms with van der Waals surface area (Å²) in [6.45, 7) is 0.00634. The van der Waals surface area contributed by atoms with Crippen LogP contribution in [0.15, 0.2) is 42.0 Å². The molecule has 7 nitrogen and oxygen atoms in total. The molecule has 144 valence electrons. The van der Waals surface area contributed by atoms with Crippen LogP contribution in [0.5, 0.6) is 11.5 Å². The van der Waals surface area contributed by atoms with E-state index >= 15 is 0 Å². The van der Waals surface area contributed by atoms with Gasteiger partial charge >= 0.3 is 6.03 Å². The molecule has 2 aromatic rings. The van der Waals surface area contributed by atoms with Crippen LogP contribution in [0.25, 0.3) is 6.08 Å². The minimum absolute atomic E-state index is 0.00634. The number of barbiturate groups is 1. The van der Waals surface area contributed by atoms with Crippen LogP contribution in [0.2, 0.25) is 0 Å². The van der Waals surface area contributed by atoms with Gasteiger partial charge in [-0.1, -0.05) is 18.2 Å². The first-order valence-electron chi connectivity index (χ1n) is 8.01. The fourth-order valence-electron chi connectivity index (χ4n) is 2.50. The summed E-state index contributed by atoms with van der Waals surface area (Å²) in [5.74, 6) is -1.20. The Morgan fingerprint density at radius 2 is 1.79 bits per heavy atom. The van der Waals surface area contributed by atoms with Gasteiger partial charge in [0.1, 0.15) is 18.0 Å². The van der Waals surface area contributed by atoms with Gasteiger partial charge in [0.2, 0.25) is 0 Å². The summed E-state index contributed by atoms with van der Waals surface area (Å²) in [5.41, 5.74) is 0.679. The first-order valence-corrected chi connectivity index (χ1v) is 9.09. The molecule has 1 saturated heterocycles. The maximum atomic E-state index is 13.8. The van der Waals surface area contributed by atoms with Crippen molar-refractivity contribution in [3.05, 3.63) is 62.5 Å². The summed E-state index contributed by atoms with van der Waals surface area (Å²) >= 11 is 2.01. The second-order valence-electron chi connectivity index (χ2n) is 5.71. The molecule has 2 aromatic carbocycles. The maximum Gasteiger partial charge on any atom is 0.328 e. The van der Waals surface area contributed by atoms with E-state index in [2.05, 4.69) is 0 Å². The van der Waals surface area contributed by atoms with Crippen LogP contribution in [0.4, 0.5) is 9.18 Å². The van der Waals surface area contributed by atoms with Crippen molar-refractivity contribution in [2.24, 2.45) is 0 Å². The number of ether oxygens (including phenoxy) is 2. The summed E-state index contributed by atoms with van der Waals surface area (Å²) < 4.78 is 25.5. The molecule has 9 heteroatoms. The average Bonchev–Trinajstić information content (AvgIpc) is 2.64. The number of hydrogen-bond acceptors (Lipinski definition) is 5. The molecule has 0 radical (unpaired) electrons. The fraction of sp³-hybridized carbons (Fsp3) is 0.105. The number of benzene rings is 2. The molecule has 0 saturated carbocycles. The molecule has 1 fully saturated rings. The van der Waals surface area contributed by atoms with Gasteiger partial charge in [-0.15, -0.1) is 0 Å². The second-order valence-corrected chi connectivity index (χ2v) is 6.87. The number of rotatable bonds is 5. The lowest BCUT2D eigenvalue weighted by Gasteiger charge is -2.16. The number of amides is 4. The number of halogens is 2. The molecule has 2 N–H and O–H groups in total. The number of urea groups is 1. The molecule has 1 aliphatic rings. The van der Waals surface area contributed by atoms with Crippen molar-refractivity contribution in [1.29, 1.82) is 0 Å². The molecule has 0 aromatic heterocycles. The number of carbonyl (C=O) groups is 3. The predicted octanol–water partition coefficient (Wildman–Crippen LogP) is 2.77. The third kappa shape index (κ3) is 4.30. The zero-order chi connectivity index (χ0) is 20.3. The van der Waals surface area contributed by atoms with Crippen molar-refractivity contribution < 1.29 is 28.2 Å². The quantitative estimate of drug-likeness (QED) is 0.378. The summed E-state index contributed by atoms with van der Waals surface area (Å²) in [5, 5.41) is 4.01. The molecular formula is C19H14FIN2O5. The molecule has 0 spiro atoms. The lowest BCUT2D eigenvalue weighted by atomic mass is 10.1. The Kier molecular flexibility index (Phi) is 5.93. The molecule has 0 unspecified atom stereocenters. The highest BCUT2D eigenvalue weighted by atomic mass is 127. The van der Waals surface area contributed by atoms with Crippen molar-refractivity contribution in [2.75, 3.05) is 7.11 Å². The first-order chi connectivity index (χ1) is 13.4. The lowest BCUT2D eigenvalue weighted by Crippen LogP contribution is -2.51. The fourth-order valence-corrected chi connectivity index (χ4v) is 3.28.